The highest BCUT2D eigenvalue weighted by atomic mass is 16.1. The standard InChI is InChI=1S/C13H28N2O/c1-4-5-6-7-8-11-14-13(16)10-9-12-15(2)3/h4-12H2,1-3H3,(H,14,16). The first kappa shape index (κ1) is 15.4. The highest BCUT2D eigenvalue weighted by Gasteiger charge is 2.00. The molecule has 0 aromatic carbocycles. The van der Waals surface area contributed by atoms with Crippen LogP contribution in [0.4, 0.5) is 0 Å². The summed E-state index contributed by atoms with van der Waals surface area (Å²) < 4.78 is 0. The maximum atomic E-state index is 11.4. The first-order valence-electron chi connectivity index (χ1n) is 6.58. The van der Waals surface area contributed by atoms with Crippen molar-refractivity contribution in [2.75, 3.05) is 27.2 Å². The van der Waals surface area contributed by atoms with E-state index in [1.54, 1.807) is 0 Å². The van der Waals surface area contributed by atoms with Crippen molar-refractivity contribution in [3.05, 3.63) is 0 Å². The number of carbonyl (C=O) groups is 1. The summed E-state index contributed by atoms with van der Waals surface area (Å²) in [7, 11) is 4.07. The van der Waals surface area contributed by atoms with Gasteiger partial charge >= 0.3 is 0 Å². The summed E-state index contributed by atoms with van der Waals surface area (Å²) in [6.07, 6.45) is 7.87. The van der Waals surface area contributed by atoms with Crippen LogP contribution in [0.5, 0.6) is 0 Å². The Morgan fingerprint density at radius 1 is 1.06 bits per heavy atom. The van der Waals surface area contributed by atoms with Crippen LogP contribution < -0.4 is 5.32 Å². The number of hydrogen-bond donors (Lipinski definition) is 1. The van der Waals surface area contributed by atoms with Crippen molar-refractivity contribution in [2.45, 2.75) is 51.9 Å². The van der Waals surface area contributed by atoms with Crippen LogP contribution in [0.1, 0.15) is 51.9 Å². The molecule has 0 fully saturated rings. The van der Waals surface area contributed by atoms with Crippen LogP contribution in [0.2, 0.25) is 0 Å². The Bertz CT molecular complexity index is 169. The quantitative estimate of drug-likeness (QED) is 0.582. The second-order valence-corrected chi connectivity index (χ2v) is 4.67. The lowest BCUT2D eigenvalue weighted by atomic mass is 10.1. The van der Waals surface area contributed by atoms with Crippen molar-refractivity contribution in [2.24, 2.45) is 0 Å². The summed E-state index contributed by atoms with van der Waals surface area (Å²) in [5.41, 5.74) is 0. The summed E-state index contributed by atoms with van der Waals surface area (Å²) in [5.74, 6) is 0.206. The van der Waals surface area contributed by atoms with Gasteiger partial charge in [0.25, 0.3) is 0 Å². The molecule has 3 heteroatoms. The predicted octanol–water partition coefficient (Wildman–Crippen LogP) is 2.41. The molecule has 0 aromatic rings. The van der Waals surface area contributed by atoms with Gasteiger partial charge in [0.2, 0.25) is 5.91 Å². The van der Waals surface area contributed by atoms with Gasteiger partial charge in [0.15, 0.2) is 0 Å². The fraction of sp³-hybridized carbons (Fsp3) is 0.923. The number of hydrogen-bond acceptors (Lipinski definition) is 2. The molecule has 96 valence electrons. The van der Waals surface area contributed by atoms with Crippen LogP contribution in [0.3, 0.4) is 0 Å². The van der Waals surface area contributed by atoms with Crippen molar-refractivity contribution in [1.82, 2.24) is 10.2 Å². The van der Waals surface area contributed by atoms with Crippen LogP contribution in [-0.4, -0.2) is 38.0 Å². The van der Waals surface area contributed by atoms with Crippen LogP contribution in [0.25, 0.3) is 0 Å². The molecule has 1 N–H and O–H groups in total. The van der Waals surface area contributed by atoms with E-state index in [0.29, 0.717) is 6.42 Å². The normalized spacial score (nSPS) is 10.8. The lowest BCUT2D eigenvalue weighted by Gasteiger charge is -2.09. The van der Waals surface area contributed by atoms with Gasteiger partial charge in [-0.1, -0.05) is 32.6 Å². The molecule has 0 aliphatic rings. The van der Waals surface area contributed by atoms with E-state index in [2.05, 4.69) is 17.1 Å². The third-order valence-corrected chi connectivity index (χ3v) is 2.61. The van der Waals surface area contributed by atoms with Gasteiger partial charge in [-0.15, -0.1) is 0 Å². The Balaban J connectivity index is 3.17. The van der Waals surface area contributed by atoms with Gasteiger partial charge in [-0.25, -0.2) is 0 Å². The van der Waals surface area contributed by atoms with Gasteiger partial charge in [0, 0.05) is 13.0 Å². The third-order valence-electron chi connectivity index (χ3n) is 2.61. The zero-order chi connectivity index (χ0) is 12.2. The van der Waals surface area contributed by atoms with E-state index in [4.69, 9.17) is 0 Å². The molecule has 0 bridgehead atoms. The second-order valence-electron chi connectivity index (χ2n) is 4.67. The molecule has 0 unspecified atom stereocenters. The van der Waals surface area contributed by atoms with Crippen LogP contribution >= 0.6 is 0 Å². The van der Waals surface area contributed by atoms with E-state index >= 15 is 0 Å². The average molecular weight is 228 g/mol. The Kier molecular flexibility index (Phi) is 10.5. The van der Waals surface area contributed by atoms with E-state index in [0.717, 1.165) is 25.9 Å². The fourth-order valence-corrected chi connectivity index (χ4v) is 1.60. The summed E-state index contributed by atoms with van der Waals surface area (Å²) in [6, 6.07) is 0. The molecule has 0 radical (unpaired) electrons. The Morgan fingerprint density at radius 3 is 2.38 bits per heavy atom. The molecule has 1 amide bonds. The largest absolute Gasteiger partial charge is 0.356 e. The van der Waals surface area contributed by atoms with Gasteiger partial charge in [-0.2, -0.15) is 0 Å². The van der Waals surface area contributed by atoms with E-state index in [1.165, 1.54) is 25.7 Å². The Labute approximate surface area is 101 Å². The molecule has 0 aliphatic heterocycles. The minimum Gasteiger partial charge on any atom is -0.356 e. The van der Waals surface area contributed by atoms with E-state index < -0.39 is 0 Å². The van der Waals surface area contributed by atoms with Gasteiger partial charge in [-0.3, -0.25) is 4.79 Å². The summed E-state index contributed by atoms with van der Waals surface area (Å²) >= 11 is 0. The number of rotatable bonds is 10. The molecule has 0 saturated carbocycles. The first-order valence-corrected chi connectivity index (χ1v) is 6.58. The predicted molar refractivity (Wildman–Crippen MR) is 69.6 cm³/mol. The molecule has 0 spiro atoms. The zero-order valence-corrected chi connectivity index (χ0v) is 11.2. The lowest BCUT2D eigenvalue weighted by Crippen LogP contribution is -2.25. The van der Waals surface area contributed by atoms with Crippen LogP contribution in [-0.2, 0) is 4.79 Å². The molecule has 0 atom stereocenters. The number of unbranched alkanes of at least 4 members (excludes halogenated alkanes) is 4. The SMILES string of the molecule is CCCCCCCNC(=O)CCCN(C)C. The molecular weight excluding hydrogens is 200 g/mol. The van der Waals surface area contributed by atoms with Crippen LogP contribution in [0.15, 0.2) is 0 Å². The molecule has 3 nitrogen and oxygen atoms in total. The Morgan fingerprint density at radius 2 is 1.75 bits per heavy atom. The van der Waals surface area contributed by atoms with Crippen molar-refractivity contribution in [1.29, 1.82) is 0 Å². The van der Waals surface area contributed by atoms with Gasteiger partial charge < -0.3 is 10.2 Å². The summed E-state index contributed by atoms with van der Waals surface area (Å²) in [4.78, 5) is 13.5. The van der Waals surface area contributed by atoms with E-state index in [1.807, 2.05) is 14.1 Å². The van der Waals surface area contributed by atoms with Crippen molar-refractivity contribution >= 4 is 5.91 Å². The smallest absolute Gasteiger partial charge is 0.220 e. The maximum Gasteiger partial charge on any atom is 0.220 e. The highest BCUT2D eigenvalue weighted by Crippen LogP contribution is 2.01. The minimum absolute atomic E-state index is 0.206. The highest BCUT2D eigenvalue weighted by molar-refractivity contribution is 5.75. The van der Waals surface area contributed by atoms with Crippen molar-refractivity contribution < 1.29 is 4.79 Å². The molecule has 0 heterocycles. The molecule has 0 rings (SSSR count). The van der Waals surface area contributed by atoms with Gasteiger partial charge in [-0.05, 0) is 33.5 Å². The summed E-state index contributed by atoms with van der Waals surface area (Å²) in [6.45, 7) is 4.06. The Hall–Kier alpha value is -0.570. The topological polar surface area (TPSA) is 32.3 Å². The number of nitrogens with one attached hydrogen (secondary N) is 1. The molecule has 0 aliphatic carbocycles. The minimum atomic E-state index is 0.206. The monoisotopic (exact) mass is 228 g/mol. The molecular formula is C13H28N2O. The third kappa shape index (κ3) is 11.5. The lowest BCUT2D eigenvalue weighted by molar-refractivity contribution is -0.121. The molecule has 0 aromatic heterocycles. The first-order chi connectivity index (χ1) is 7.66. The number of amides is 1. The van der Waals surface area contributed by atoms with Crippen molar-refractivity contribution in [3.63, 3.8) is 0 Å². The second kappa shape index (κ2) is 10.9. The molecule has 0 saturated heterocycles. The summed E-state index contributed by atoms with van der Waals surface area (Å²) in [5, 5.41) is 2.98. The van der Waals surface area contributed by atoms with Gasteiger partial charge in [0.1, 0.15) is 0 Å². The maximum absolute atomic E-state index is 11.4. The number of carbonyl (C=O) groups excluding carboxylic acids is 1. The van der Waals surface area contributed by atoms with Gasteiger partial charge in [0.05, 0.1) is 0 Å². The van der Waals surface area contributed by atoms with E-state index in [9.17, 15) is 4.79 Å². The van der Waals surface area contributed by atoms with Crippen LogP contribution in [0, 0.1) is 0 Å². The fourth-order valence-electron chi connectivity index (χ4n) is 1.60. The van der Waals surface area contributed by atoms with Crippen molar-refractivity contribution in [3.8, 4) is 0 Å². The average Bonchev–Trinajstić information content (AvgIpc) is 2.22. The number of nitrogens with zero attached hydrogens (tertiary/aromatic N) is 1. The molecule has 16 heavy (non-hydrogen) atoms. The van der Waals surface area contributed by atoms with E-state index in [-0.39, 0.29) is 5.91 Å². The zero-order valence-electron chi connectivity index (χ0n) is 11.2.